The van der Waals surface area contributed by atoms with Gasteiger partial charge in [0.05, 0.1) is 19.1 Å². The van der Waals surface area contributed by atoms with Crippen LogP contribution in [0.3, 0.4) is 0 Å². The second-order valence-corrected chi connectivity index (χ2v) is 4.87. The lowest BCUT2D eigenvalue weighted by molar-refractivity contribution is 0.201. The Bertz CT molecular complexity index is 255. The number of phosphoric ester groups is 1. The topological polar surface area (TPSA) is 117 Å². The molecule has 1 fully saturated rings. The SMILES string of the molecule is N#CCCOP(=O)(O)O.NC1CCCCC1. The van der Waals surface area contributed by atoms with Gasteiger partial charge in [-0.1, -0.05) is 19.3 Å². The van der Waals surface area contributed by atoms with E-state index in [1.165, 1.54) is 32.1 Å². The maximum absolute atomic E-state index is 9.87. The summed E-state index contributed by atoms with van der Waals surface area (Å²) in [5.74, 6) is 0. The van der Waals surface area contributed by atoms with E-state index in [1.807, 2.05) is 0 Å². The monoisotopic (exact) mass is 250 g/mol. The molecule has 0 aliphatic heterocycles. The highest BCUT2D eigenvalue weighted by molar-refractivity contribution is 7.46. The Kier molecular flexibility index (Phi) is 8.44. The lowest BCUT2D eigenvalue weighted by Gasteiger charge is -2.15. The summed E-state index contributed by atoms with van der Waals surface area (Å²) in [5, 5.41) is 7.88. The smallest absolute Gasteiger partial charge is 0.328 e. The zero-order valence-corrected chi connectivity index (χ0v) is 10.1. The number of phosphoric acid groups is 1. The molecular formula is C9H19N2O4P. The predicted octanol–water partition coefficient (Wildman–Crippen LogP) is 1.29. The van der Waals surface area contributed by atoms with Gasteiger partial charge in [0, 0.05) is 6.04 Å². The minimum Gasteiger partial charge on any atom is -0.328 e. The van der Waals surface area contributed by atoms with Crippen LogP contribution in [0.2, 0.25) is 0 Å². The zero-order valence-electron chi connectivity index (χ0n) is 9.21. The molecule has 0 spiro atoms. The summed E-state index contributed by atoms with van der Waals surface area (Å²) in [6.45, 7) is -0.221. The fraction of sp³-hybridized carbons (Fsp3) is 0.889. The molecule has 1 aliphatic rings. The average Bonchev–Trinajstić information content (AvgIpc) is 2.18. The zero-order chi connectivity index (χ0) is 12.4. The van der Waals surface area contributed by atoms with Gasteiger partial charge in [-0.15, -0.1) is 0 Å². The molecule has 0 amide bonds. The Morgan fingerprint density at radius 1 is 1.38 bits per heavy atom. The van der Waals surface area contributed by atoms with Gasteiger partial charge in [-0.25, -0.2) is 4.57 Å². The summed E-state index contributed by atoms with van der Waals surface area (Å²) in [6.07, 6.45) is 6.65. The van der Waals surface area contributed by atoms with Crippen LogP contribution in [-0.2, 0) is 9.09 Å². The predicted molar refractivity (Wildman–Crippen MR) is 59.3 cm³/mol. The van der Waals surface area contributed by atoms with Crippen LogP contribution >= 0.6 is 7.82 Å². The number of rotatable bonds is 3. The lowest BCUT2D eigenvalue weighted by Crippen LogP contribution is -2.22. The van der Waals surface area contributed by atoms with E-state index in [-0.39, 0.29) is 13.0 Å². The summed E-state index contributed by atoms with van der Waals surface area (Å²) >= 11 is 0. The van der Waals surface area contributed by atoms with Crippen LogP contribution in [-0.4, -0.2) is 22.4 Å². The second kappa shape index (κ2) is 8.68. The van der Waals surface area contributed by atoms with Crippen molar-refractivity contribution in [2.24, 2.45) is 5.73 Å². The molecule has 1 saturated carbocycles. The third kappa shape index (κ3) is 11.6. The molecule has 0 aromatic carbocycles. The van der Waals surface area contributed by atoms with Gasteiger partial charge >= 0.3 is 7.82 Å². The van der Waals surface area contributed by atoms with E-state index >= 15 is 0 Å². The van der Waals surface area contributed by atoms with Crippen LogP contribution in [0.15, 0.2) is 0 Å². The Balaban J connectivity index is 0.000000288. The minimum atomic E-state index is -4.35. The largest absolute Gasteiger partial charge is 0.469 e. The molecule has 0 saturated heterocycles. The normalized spacial score (nSPS) is 17.1. The number of hydrogen-bond acceptors (Lipinski definition) is 4. The molecule has 0 aromatic rings. The van der Waals surface area contributed by atoms with Gasteiger partial charge in [-0.05, 0) is 12.8 Å². The molecule has 0 radical (unpaired) electrons. The molecule has 0 heterocycles. The maximum Gasteiger partial charge on any atom is 0.469 e. The molecule has 0 aromatic heterocycles. The molecule has 94 valence electrons. The van der Waals surface area contributed by atoms with E-state index in [4.69, 9.17) is 20.8 Å². The van der Waals surface area contributed by atoms with Crippen LogP contribution < -0.4 is 5.73 Å². The van der Waals surface area contributed by atoms with E-state index in [9.17, 15) is 4.57 Å². The van der Waals surface area contributed by atoms with E-state index in [2.05, 4.69) is 4.52 Å². The van der Waals surface area contributed by atoms with Crippen LogP contribution in [0.25, 0.3) is 0 Å². The highest BCUT2D eigenvalue weighted by Crippen LogP contribution is 2.35. The number of nitrogens with zero attached hydrogens (tertiary/aromatic N) is 1. The molecule has 1 rings (SSSR count). The Morgan fingerprint density at radius 3 is 2.25 bits per heavy atom. The van der Waals surface area contributed by atoms with Gasteiger partial charge < -0.3 is 15.5 Å². The summed E-state index contributed by atoms with van der Waals surface area (Å²) in [6, 6.07) is 2.21. The molecule has 16 heavy (non-hydrogen) atoms. The lowest BCUT2D eigenvalue weighted by atomic mass is 9.97. The van der Waals surface area contributed by atoms with E-state index in [1.54, 1.807) is 6.07 Å². The molecule has 1 aliphatic carbocycles. The molecule has 7 heteroatoms. The minimum absolute atomic E-state index is 0.00882. The van der Waals surface area contributed by atoms with Crippen LogP contribution in [0, 0.1) is 11.3 Å². The van der Waals surface area contributed by atoms with Crippen molar-refractivity contribution >= 4 is 7.82 Å². The molecular weight excluding hydrogens is 231 g/mol. The fourth-order valence-corrected chi connectivity index (χ4v) is 1.67. The summed E-state index contributed by atoms with van der Waals surface area (Å²) < 4.78 is 13.8. The van der Waals surface area contributed by atoms with E-state index in [0.717, 1.165) is 0 Å². The average molecular weight is 250 g/mol. The highest BCUT2D eigenvalue weighted by atomic mass is 31.2. The Morgan fingerprint density at radius 2 is 1.94 bits per heavy atom. The first kappa shape index (κ1) is 15.6. The standard InChI is InChI=1S/C6H13N.C3H6NO4P/c7-6-4-2-1-3-5-6;4-2-1-3-8-9(5,6)7/h6H,1-5,7H2;1,3H2,(H2,5,6,7). The van der Waals surface area contributed by atoms with Crippen molar-refractivity contribution in [1.29, 1.82) is 5.26 Å². The van der Waals surface area contributed by atoms with Gasteiger partial charge in [0.25, 0.3) is 0 Å². The van der Waals surface area contributed by atoms with Crippen molar-refractivity contribution in [3.63, 3.8) is 0 Å². The van der Waals surface area contributed by atoms with Gasteiger partial charge in [0.1, 0.15) is 0 Å². The molecule has 0 bridgehead atoms. The van der Waals surface area contributed by atoms with Crippen molar-refractivity contribution in [1.82, 2.24) is 0 Å². The molecule has 0 unspecified atom stereocenters. The first-order valence-electron chi connectivity index (χ1n) is 5.28. The van der Waals surface area contributed by atoms with E-state index < -0.39 is 7.82 Å². The van der Waals surface area contributed by atoms with E-state index in [0.29, 0.717) is 6.04 Å². The second-order valence-electron chi connectivity index (χ2n) is 3.63. The van der Waals surface area contributed by atoms with Crippen molar-refractivity contribution in [2.45, 2.75) is 44.6 Å². The fourth-order valence-electron chi connectivity index (χ4n) is 1.34. The van der Waals surface area contributed by atoms with Gasteiger partial charge in [-0.2, -0.15) is 5.26 Å². The van der Waals surface area contributed by atoms with Crippen molar-refractivity contribution in [2.75, 3.05) is 6.61 Å². The molecule has 0 atom stereocenters. The van der Waals surface area contributed by atoms with Gasteiger partial charge in [0.2, 0.25) is 0 Å². The molecule has 6 nitrogen and oxygen atoms in total. The highest BCUT2D eigenvalue weighted by Gasteiger charge is 2.11. The van der Waals surface area contributed by atoms with Crippen LogP contribution in [0.5, 0.6) is 0 Å². The van der Waals surface area contributed by atoms with Crippen molar-refractivity contribution in [3.8, 4) is 6.07 Å². The third-order valence-corrected chi connectivity index (χ3v) is 2.64. The Hall–Kier alpha value is -0.440. The van der Waals surface area contributed by atoms with Crippen LogP contribution in [0.4, 0.5) is 0 Å². The quantitative estimate of drug-likeness (QED) is 0.513. The summed E-state index contributed by atoms with van der Waals surface area (Å²) in [7, 11) is -4.35. The maximum atomic E-state index is 9.87. The Labute approximate surface area is 95.6 Å². The van der Waals surface area contributed by atoms with Gasteiger partial charge in [-0.3, -0.25) is 4.52 Å². The summed E-state index contributed by atoms with van der Waals surface area (Å²) in [4.78, 5) is 16.0. The van der Waals surface area contributed by atoms with Crippen molar-refractivity contribution in [3.05, 3.63) is 0 Å². The number of nitriles is 1. The van der Waals surface area contributed by atoms with Crippen molar-refractivity contribution < 1.29 is 18.9 Å². The number of hydrogen-bond donors (Lipinski definition) is 3. The first-order valence-corrected chi connectivity index (χ1v) is 6.81. The summed E-state index contributed by atoms with van der Waals surface area (Å²) in [5.41, 5.74) is 5.63. The first-order chi connectivity index (χ1) is 7.45. The molecule has 4 N–H and O–H groups in total. The third-order valence-electron chi connectivity index (χ3n) is 2.12. The number of nitrogens with two attached hydrogens (primary N) is 1. The van der Waals surface area contributed by atoms with Gasteiger partial charge in [0.15, 0.2) is 0 Å². The van der Waals surface area contributed by atoms with Crippen LogP contribution in [0.1, 0.15) is 38.5 Å².